The summed E-state index contributed by atoms with van der Waals surface area (Å²) in [4.78, 5) is 10.0. The van der Waals surface area contributed by atoms with Gasteiger partial charge in [-0.25, -0.2) is 0 Å². The van der Waals surface area contributed by atoms with E-state index in [0.717, 1.165) is 0 Å². The molecule has 0 aromatic rings. The molecule has 0 aromatic heterocycles. The summed E-state index contributed by atoms with van der Waals surface area (Å²) in [5.41, 5.74) is 5.16. The van der Waals surface area contributed by atoms with E-state index in [-0.39, 0.29) is 33.2 Å². The normalized spacial score (nSPS) is 12.4. The summed E-state index contributed by atoms with van der Waals surface area (Å²) in [6.45, 7) is 3.55. The summed E-state index contributed by atoms with van der Waals surface area (Å²) in [5.74, 6) is -0.910. The SMILES string of the molecule is CC(C)[C@H](N)C(=O)O.[PbH2]. The Morgan fingerprint density at radius 2 is 1.89 bits per heavy atom. The maximum atomic E-state index is 10.0. The molecule has 0 rings (SSSR count). The Morgan fingerprint density at radius 1 is 1.56 bits per heavy atom. The molecule has 54 valence electrons. The first-order valence-electron chi connectivity index (χ1n) is 2.54. The van der Waals surface area contributed by atoms with Crippen molar-refractivity contribution in [2.24, 2.45) is 11.7 Å². The molecule has 2 radical (unpaired) electrons. The van der Waals surface area contributed by atoms with Gasteiger partial charge in [-0.2, -0.15) is 0 Å². The number of carbonyl (C=O) groups is 1. The molecule has 0 heterocycles. The van der Waals surface area contributed by atoms with E-state index in [0.29, 0.717) is 0 Å². The maximum absolute atomic E-state index is 10.0. The molecule has 0 aliphatic rings. The van der Waals surface area contributed by atoms with Crippen molar-refractivity contribution < 1.29 is 9.90 Å². The Kier molecular flexibility index (Phi) is 6.92. The van der Waals surface area contributed by atoms with Crippen LogP contribution < -0.4 is 5.73 Å². The second kappa shape index (κ2) is 5.16. The predicted molar refractivity (Wildman–Crippen MR) is 39.0 cm³/mol. The molecule has 0 spiro atoms. The van der Waals surface area contributed by atoms with Gasteiger partial charge in [0.15, 0.2) is 0 Å². The molecule has 9 heavy (non-hydrogen) atoms. The minimum absolute atomic E-state index is 0. The molecule has 0 saturated carbocycles. The number of hydrogen-bond acceptors (Lipinski definition) is 2. The van der Waals surface area contributed by atoms with Gasteiger partial charge in [0.2, 0.25) is 0 Å². The Labute approximate surface area is 74.8 Å². The van der Waals surface area contributed by atoms with Crippen molar-refractivity contribution in [1.82, 2.24) is 0 Å². The van der Waals surface area contributed by atoms with Crippen LogP contribution in [0.1, 0.15) is 13.8 Å². The Bertz CT molecular complexity index is 95.0. The molecule has 0 aliphatic carbocycles. The molecule has 0 aliphatic heterocycles. The van der Waals surface area contributed by atoms with Crippen molar-refractivity contribution in [2.75, 3.05) is 0 Å². The van der Waals surface area contributed by atoms with Gasteiger partial charge in [0, 0.05) is 0 Å². The van der Waals surface area contributed by atoms with E-state index in [4.69, 9.17) is 10.8 Å². The minimum atomic E-state index is -0.931. The summed E-state index contributed by atoms with van der Waals surface area (Å²) in [7, 11) is 0. The van der Waals surface area contributed by atoms with Crippen molar-refractivity contribution in [1.29, 1.82) is 0 Å². The van der Waals surface area contributed by atoms with E-state index in [2.05, 4.69) is 0 Å². The van der Waals surface area contributed by atoms with Gasteiger partial charge in [0.05, 0.1) is 0 Å². The number of rotatable bonds is 2. The van der Waals surface area contributed by atoms with E-state index >= 15 is 0 Å². The zero-order valence-corrected chi connectivity index (χ0v) is 11.3. The number of carboxylic acid groups (broad SMARTS) is 1. The van der Waals surface area contributed by atoms with Crippen LogP contribution >= 0.6 is 0 Å². The fourth-order valence-electron chi connectivity index (χ4n) is 0.285. The van der Waals surface area contributed by atoms with Gasteiger partial charge in [-0.3, -0.25) is 4.79 Å². The van der Waals surface area contributed by atoms with E-state index in [1.807, 2.05) is 0 Å². The van der Waals surface area contributed by atoms with E-state index in [1.165, 1.54) is 0 Å². The second-order valence-corrected chi connectivity index (χ2v) is 2.11. The van der Waals surface area contributed by atoms with Gasteiger partial charge in [0.25, 0.3) is 0 Å². The van der Waals surface area contributed by atoms with Crippen molar-refractivity contribution >= 4 is 33.3 Å². The van der Waals surface area contributed by atoms with E-state index in [1.54, 1.807) is 13.8 Å². The van der Waals surface area contributed by atoms with Crippen LogP contribution in [0.3, 0.4) is 0 Å². The molecule has 0 saturated heterocycles. The summed E-state index contributed by atoms with van der Waals surface area (Å²) in [6, 6.07) is -0.713. The van der Waals surface area contributed by atoms with Crippen LogP contribution in [0.15, 0.2) is 0 Å². The second-order valence-electron chi connectivity index (χ2n) is 2.11. The topological polar surface area (TPSA) is 63.3 Å². The number of aliphatic carboxylic acids is 1. The Balaban J connectivity index is 0. The first-order chi connectivity index (χ1) is 3.55. The van der Waals surface area contributed by atoms with Crippen LogP contribution in [0.2, 0.25) is 0 Å². The molecule has 0 aromatic carbocycles. The molecular formula is C5H13NO2Pb. The van der Waals surface area contributed by atoms with Gasteiger partial charge < -0.3 is 10.8 Å². The van der Waals surface area contributed by atoms with Gasteiger partial charge >= 0.3 is 33.3 Å². The van der Waals surface area contributed by atoms with Gasteiger partial charge in [-0.05, 0) is 5.92 Å². The fraction of sp³-hybridized carbons (Fsp3) is 0.800. The monoisotopic (exact) mass is 327 g/mol. The van der Waals surface area contributed by atoms with Crippen LogP contribution in [0.4, 0.5) is 0 Å². The quantitative estimate of drug-likeness (QED) is 0.649. The third kappa shape index (κ3) is 4.83. The van der Waals surface area contributed by atoms with Gasteiger partial charge in [0.1, 0.15) is 6.04 Å². The van der Waals surface area contributed by atoms with Crippen LogP contribution in [-0.2, 0) is 4.79 Å². The fourth-order valence-corrected chi connectivity index (χ4v) is 0.285. The summed E-state index contributed by atoms with van der Waals surface area (Å²) in [6.07, 6.45) is 0. The first kappa shape index (κ1) is 12.1. The standard InChI is InChI=1S/C5H11NO2.Pb.2H/c1-3(2)4(6)5(7)8;;;/h3-4H,6H2,1-2H3,(H,7,8);;;/t4-;;;/m0.../s1. The van der Waals surface area contributed by atoms with Gasteiger partial charge in [-0.1, -0.05) is 13.8 Å². The molecule has 1 atom stereocenters. The average Bonchev–Trinajstić information content (AvgIpc) is 1.64. The molecule has 0 amide bonds. The predicted octanol–water partition coefficient (Wildman–Crippen LogP) is -0.862. The first-order valence-corrected chi connectivity index (χ1v) is 2.54. The summed E-state index contributed by atoms with van der Waals surface area (Å²) < 4.78 is 0. The van der Waals surface area contributed by atoms with Crippen molar-refractivity contribution in [3.8, 4) is 0 Å². The molecule has 0 fully saturated rings. The number of hydrogen-bond donors (Lipinski definition) is 2. The van der Waals surface area contributed by atoms with Crippen molar-refractivity contribution in [2.45, 2.75) is 19.9 Å². The molecule has 3 nitrogen and oxygen atoms in total. The third-order valence-corrected chi connectivity index (χ3v) is 1.00. The molecule has 3 N–H and O–H groups in total. The van der Waals surface area contributed by atoms with Crippen molar-refractivity contribution in [3.05, 3.63) is 0 Å². The molecular weight excluding hydrogens is 313 g/mol. The zero-order chi connectivity index (χ0) is 6.73. The van der Waals surface area contributed by atoms with E-state index in [9.17, 15) is 4.79 Å². The van der Waals surface area contributed by atoms with Crippen LogP contribution in [0.25, 0.3) is 0 Å². The Hall–Kier alpha value is 0.352. The molecule has 4 heteroatoms. The van der Waals surface area contributed by atoms with Crippen LogP contribution in [-0.4, -0.2) is 44.4 Å². The van der Waals surface area contributed by atoms with Crippen LogP contribution in [0.5, 0.6) is 0 Å². The average molecular weight is 326 g/mol. The molecule has 0 bridgehead atoms. The summed E-state index contributed by atoms with van der Waals surface area (Å²) >= 11 is 0. The zero-order valence-electron chi connectivity index (χ0n) is 5.79. The summed E-state index contributed by atoms with van der Waals surface area (Å²) in [5, 5.41) is 8.23. The third-order valence-electron chi connectivity index (χ3n) is 1.00. The Morgan fingerprint density at radius 3 is 1.89 bits per heavy atom. The number of carboxylic acids is 1. The van der Waals surface area contributed by atoms with Crippen molar-refractivity contribution in [3.63, 3.8) is 0 Å². The van der Waals surface area contributed by atoms with E-state index < -0.39 is 12.0 Å². The number of nitrogens with two attached hydrogens (primary N) is 1. The van der Waals surface area contributed by atoms with Crippen LogP contribution in [0, 0.1) is 5.92 Å². The van der Waals surface area contributed by atoms with Gasteiger partial charge in [-0.15, -0.1) is 0 Å². The molecule has 0 unspecified atom stereocenters.